The number of halogens is 1. The Balaban J connectivity index is 1.48. The van der Waals surface area contributed by atoms with Gasteiger partial charge in [-0.3, -0.25) is 25.0 Å². The molecule has 0 bridgehead atoms. The van der Waals surface area contributed by atoms with E-state index >= 15 is 0 Å². The molecular formula is C22H19FN4O5. The van der Waals surface area contributed by atoms with Crippen molar-refractivity contribution in [3.05, 3.63) is 62.6 Å². The van der Waals surface area contributed by atoms with Crippen LogP contribution in [0.4, 0.5) is 15.8 Å². The van der Waals surface area contributed by atoms with Crippen LogP contribution in [0.3, 0.4) is 0 Å². The fourth-order valence-electron chi connectivity index (χ4n) is 4.79. The monoisotopic (exact) mass is 438 g/mol. The van der Waals surface area contributed by atoms with E-state index in [4.69, 9.17) is 4.52 Å². The number of nitrogens with zero attached hydrogens (tertiary/aromatic N) is 3. The number of anilines is 1. The molecule has 3 aromatic rings. The van der Waals surface area contributed by atoms with Gasteiger partial charge in [-0.15, -0.1) is 0 Å². The van der Waals surface area contributed by atoms with E-state index in [0.717, 1.165) is 11.1 Å². The van der Waals surface area contributed by atoms with E-state index in [9.17, 15) is 24.1 Å². The molecule has 0 atom stereocenters. The zero-order valence-electron chi connectivity index (χ0n) is 17.2. The van der Waals surface area contributed by atoms with Crippen molar-refractivity contribution in [2.75, 3.05) is 18.0 Å². The lowest BCUT2D eigenvalue weighted by Crippen LogP contribution is -2.34. The number of hydrogen-bond acceptors (Lipinski definition) is 7. The van der Waals surface area contributed by atoms with Crippen molar-refractivity contribution in [3.8, 4) is 0 Å². The minimum absolute atomic E-state index is 0.0574. The molecule has 32 heavy (non-hydrogen) atoms. The molecular weight excluding hydrogens is 419 g/mol. The first kappa shape index (κ1) is 20.1. The van der Waals surface area contributed by atoms with Crippen molar-refractivity contribution < 1.29 is 23.4 Å². The van der Waals surface area contributed by atoms with Gasteiger partial charge in [-0.2, -0.15) is 0 Å². The second kappa shape index (κ2) is 7.40. The summed E-state index contributed by atoms with van der Waals surface area (Å²) < 4.78 is 18.7. The maximum absolute atomic E-state index is 13.4. The van der Waals surface area contributed by atoms with Crippen LogP contribution in [0, 0.1) is 15.9 Å². The summed E-state index contributed by atoms with van der Waals surface area (Å²) in [6, 6.07) is 5.77. The molecule has 2 aliphatic rings. The topological polar surface area (TPSA) is 119 Å². The number of fused-ring (bicyclic) bond motifs is 2. The van der Waals surface area contributed by atoms with E-state index in [-0.39, 0.29) is 34.7 Å². The molecule has 0 radical (unpaired) electrons. The Morgan fingerprint density at radius 3 is 2.69 bits per heavy atom. The van der Waals surface area contributed by atoms with Crippen LogP contribution in [0.1, 0.15) is 57.7 Å². The van der Waals surface area contributed by atoms with Crippen LogP contribution in [-0.2, 0) is 6.42 Å². The van der Waals surface area contributed by atoms with Crippen molar-refractivity contribution in [2.24, 2.45) is 0 Å². The Morgan fingerprint density at radius 2 is 2.00 bits per heavy atom. The first-order valence-corrected chi connectivity index (χ1v) is 10.4. The largest absolute Gasteiger partial charge is 0.366 e. The lowest BCUT2D eigenvalue weighted by Gasteiger charge is -2.33. The van der Waals surface area contributed by atoms with E-state index in [2.05, 4.69) is 10.5 Å². The number of imide groups is 1. The molecule has 5 rings (SSSR count). The van der Waals surface area contributed by atoms with Gasteiger partial charge in [0.25, 0.3) is 17.5 Å². The van der Waals surface area contributed by atoms with Crippen LogP contribution in [0.5, 0.6) is 0 Å². The summed E-state index contributed by atoms with van der Waals surface area (Å²) >= 11 is 0. The molecule has 0 aliphatic carbocycles. The molecule has 3 heterocycles. The van der Waals surface area contributed by atoms with Gasteiger partial charge in [0, 0.05) is 36.0 Å². The van der Waals surface area contributed by atoms with Crippen LogP contribution in [0.2, 0.25) is 0 Å². The zero-order chi connectivity index (χ0) is 22.6. The fraction of sp³-hybridized carbons (Fsp3) is 0.318. The number of carbonyl (C=O) groups excluding carboxylic acids is 2. The van der Waals surface area contributed by atoms with Gasteiger partial charge in [0.2, 0.25) is 0 Å². The Labute approximate surface area is 181 Å². The summed E-state index contributed by atoms with van der Waals surface area (Å²) in [5, 5.41) is 19.1. The number of nitrogens with one attached hydrogen (secondary N) is 1. The van der Waals surface area contributed by atoms with Gasteiger partial charge in [0.15, 0.2) is 5.58 Å². The Hall–Kier alpha value is -3.82. The third-order valence-corrected chi connectivity index (χ3v) is 6.30. The van der Waals surface area contributed by atoms with Crippen LogP contribution in [-0.4, -0.2) is 35.0 Å². The van der Waals surface area contributed by atoms with Gasteiger partial charge in [-0.25, -0.2) is 4.39 Å². The highest BCUT2D eigenvalue weighted by Gasteiger charge is 2.38. The van der Waals surface area contributed by atoms with Gasteiger partial charge >= 0.3 is 0 Å². The fourth-order valence-corrected chi connectivity index (χ4v) is 4.79. The molecule has 1 aromatic heterocycles. The molecule has 164 valence electrons. The minimum Gasteiger partial charge on any atom is -0.366 e. The molecule has 0 saturated carbocycles. The summed E-state index contributed by atoms with van der Waals surface area (Å²) in [5.74, 6) is -1.47. The highest BCUT2D eigenvalue weighted by Crippen LogP contribution is 2.41. The first-order chi connectivity index (χ1) is 15.4. The summed E-state index contributed by atoms with van der Waals surface area (Å²) in [6.45, 7) is 2.73. The summed E-state index contributed by atoms with van der Waals surface area (Å²) in [4.78, 5) is 37.8. The predicted molar refractivity (Wildman–Crippen MR) is 112 cm³/mol. The lowest BCUT2D eigenvalue weighted by atomic mass is 9.90. The molecule has 2 amide bonds. The standard InChI is InChI=1S/C22H19FN4O5/c1-2-13-18-15(21(28)24-22(18)29)10-16(20(13)27(30)31)26-7-5-11(6-8-26)19-14-4-3-12(23)9-17(14)32-25-19/h3-4,9-11H,2,5-8H2,1H3,(H,24,28,29). The maximum atomic E-state index is 13.4. The lowest BCUT2D eigenvalue weighted by molar-refractivity contribution is -0.384. The first-order valence-electron chi connectivity index (χ1n) is 10.4. The van der Waals surface area contributed by atoms with Crippen molar-refractivity contribution in [2.45, 2.75) is 32.1 Å². The second-order valence-electron chi connectivity index (χ2n) is 8.01. The predicted octanol–water partition coefficient (Wildman–Crippen LogP) is 3.71. The van der Waals surface area contributed by atoms with E-state index in [1.54, 1.807) is 13.0 Å². The Kier molecular flexibility index (Phi) is 4.65. The SMILES string of the molecule is CCc1c2c(cc(N3CCC(c4noc5cc(F)ccc45)CC3)c1[N+](=O)[O-])C(=O)NC2=O. The average molecular weight is 438 g/mol. The number of carbonyl (C=O) groups is 2. The van der Waals surface area contributed by atoms with Gasteiger partial charge in [-0.05, 0) is 37.5 Å². The van der Waals surface area contributed by atoms with E-state index in [1.807, 2.05) is 4.90 Å². The quantitative estimate of drug-likeness (QED) is 0.375. The van der Waals surface area contributed by atoms with E-state index in [0.29, 0.717) is 37.2 Å². The van der Waals surface area contributed by atoms with Crippen LogP contribution in [0.15, 0.2) is 28.8 Å². The number of aromatic nitrogens is 1. The minimum atomic E-state index is -0.593. The molecule has 1 fully saturated rings. The number of amides is 2. The molecule has 2 aromatic carbocycles. The van der Waals surface area contributed by atoms with Crippen molar-refractivity contribution in [1.82, 2.24) is 10.5 Å². The normalized spacial score (nSPS) is 16.5. The number of nitro groups is 1. The number of benzene rings is 2. The number of hydrogen-bond donors (Lipinski definition) is 1. The molecule has 0 unspecified atom stereocenters. The molecule has 1 N–H and O–H groups in total. The van der Waals surface area contributed by atoms with Crippen LogP contribution in [0.25, 0.3) is 11.0 Å². The summed E-state index contributed by atoms with van der Waals surface area (Å²) in [5.41, 5.74) is 1.92. The van der Waals surface area contributed by atoms with Crippen molar-refractivity contribution in [3.63, 3.8) is 0 Å². The highest BCUT2D eigenvalue weighted by molar-refractivity contribution is 6.23. The van der Waals surface area contributed by atoms with Crippen molar-refractivity contribution in [1.29, 1.82) is 0 Å². The van der Waals surface area contributed by atoms with Crippen LogP contribution < -0.4 is 10.2 Å². The third kappa shape index (κ3) is 3.02. The maximum Gasteiger partial charge on any atom is 0.296 e. The molecule has 0 spiro atoms. The average Bonchev–Trinajstić information content (AvgIpc) is 3.32. The molecule has 10 heteroatoms. The Bertz CT molecular complexity index is 1290. The van der Waals surface area contributed by atoms with E-state index in [1.165, 1.54) is 18.2 Å². The number of rotatable bonds is 4. The Morgan fingerprint density at radius 1 is 1.25 bits per heavy atom. The zero-order valence-corrected chi connectivity index (χ0v) is 17.2. The van der Waals surface area contributed by atoms with Gasteiger partial charge in [0.05, 0.1) is 21.7 Å². The van der Waals surface area contributed by atoms with Gasteiger partial charge < -0.3 is 9.42 Å². The van der Waals surface area contributed by atoms with Gasteiger partial charge in [0.1, 0.15) is 11.5 Å². The van der Waals surface area contributed by atoms with Crippen LogP contribution >= 0.6 is 0 Å². The highest BCUT2D eigenvalue weighted by atomic mass is 19.1. The van der Waals surface area contributed by atoms with Gasteiger partial charge in [-0.1, -0.05) is 12.1 Å². The number of nitro benzene ring substituents is 1. The molecule has 1 saturated heterocycles. The summed E-state index contributed by atoms with van der Waals surface area (Å²) in [7, 11) is 0. The second-order valence-corrected chi connectivity index (χ2v) is 8.01. The molecule has 9 nitrogen and oxygen atoms in total. The number of piperidine rings is 1. The van der Waals surface area contributed by atoms with Crippen molar-refractivity contribution >= 4 is 34.2 Å². The molecule has 2 aliphatic heterocycles. The smallest absolute Gasteiger partial charge is 0.296 e. The summed E-state index contributed by atoms with van der Waals surface area (Å²) in [6.07, 6.45) is 1.56. The third-order valence-electron chi connectivity index (χ3n) is 6.30. The van der Waals surface area contributed by atoms with E-state index < -0.39 is 22.6 Å².